The predicted octanol–water partition coefficient (Wildman–Crippen LogP) is 4.35. The Kier molecular flexibility index (Phi) is 11.8. The van der Waals surface area contributed by atoms with E-state index in [0.29, 0.717) is 36.5 Å². The van der Waals surface area contributed by atoms with Gasteiger partial charge >= 0.3 is 6.09 Å². The third kappa shape index (κ3) is 8.81. The summed E-state index contributed by atoms with van der Waals surface area (Å²) < 4.78 is 23.5. The minimum absolute atomic E-state index is 0.134. The van der Waals surface area contributed by atoms with E-state index >= 15 is 0 Å². The topological polar surface area (TPSA) is 116 Å². The standard InChI is InChI=1S/C29H44ClN5O6/c1-8-23(27(39-6)40-7)32-25(36)24-21(16-19-12-9-10-14-22(19)30)26(35(33-24)18-38-5)34-15-11-13-20(17-34)31-28(37)41-29(2,3)4/h9-10,12,14,20,23,27H,8,11,13,15-18H2,1-7H3,(H,31,37)(H,32,36)/t20-,23?/m1/s1. The van der Waals surface area contributed by atoms with Gasteiger partial charge in [-0.25, -0.2) is 9.48 Å². The van der Waals surface area contributed by atoms with Crippen LogP contribution in [-0.2, 0) is 32.1 Å². The number of hydrogen-bond acceptors (Lipinski definition) is 8. The van der Waals surface area contributed by atoms with Crippen molar-refractivity contribution in [3.05, 3.63) is 46.1 Å². The van der Waals surface area contributed by atoms with Crippen LogP contribution >= 0.6 is 11.6 Å². The van der Waals surface area contributed by atoms with Crippen LogP contribution in [0.2, 0.25) is 5.02 Å². The van der Waals surface area contributed by atoms with Crippen LogP contribution in [0, 0.1) is 0 Å². The molecular formula is C29H44ClN5O6. The summed E-state index contributed by atoms with van der Waals surface area (Å²) in [5.74, 6) is 0.394. The lowest BCUT2D eigenvalue weighted by Gasteiger charge is -2.35. The van der Waals surface area contributed by atoms with Gasteiger partial charge in [0.15, 0.2) is 12.0 Å². The summed E-state index contributed by atoms with van der Waals surface area (Å²) in [5.41, 5.74) is 1.25. The summed E-state index contributed by atoms with van der Waals surface area (Å²) in [4.78, 5) is 28.5. The van der Waals surface area contributed by atoms with E-state index in [-0.39, 0.29) is 30.4 Å². The molecule has 1 aliphatic heterocycles. The zero-order chi connectivity index (χ0) is 30.2. The number of piperidine rings is 1. The quantitative estimate of drug-likeness (QED) is 0.349. The number of ether oxygens (including phenoxy) is 4. The molecule has 1 aromatic heterocycles. The van der Waals surface area contributed by atoms with E-state index in [1.54, 1.807) is 11.8 Å². The Hall–Kier alpha value is -2.86. The van der Waals surface area contributed by atoms with Gasteiger partial charge in [-0.3, -0.25) is 4.79 Å². The fraction of sp³-hybridized carbons (Fsp3) is 0.621. The van der Waals surface area contributed by atoms with E-state index in [2.05, 4.69) is 15.5 Å². The third-order valence-electron chi connectivity index (χ3n) is 6.80. The van der Waals surface area contributed by atoms with Crippen LogP contribution < -0.4 is 15.5 Å². The van der Waals surface area contributed by atoms with Crippen molar-refractivity contribution >= 4 is 29.4 Å². The molecule has 0 saturated carbocycles. The minimum Gasteiger partial charge on any atom is -0.444 e. The van der Waals surface area contributed by atoms with E-state index in [9.17, 15) is 9.59 Å². The van der Waals surface area contributed by atoms with Gasteiger partial charge in [0.1, 0.15) is 18.1 Å². The molecule has 2 heterocycles. The van der Waals surface area contributed by atoms with Crippen molar-refractivity contribution in [3.8, 4) is 0 Å². The molecule has 1 saturated heterocycles. The number of aromatic nitrogens is 2. The molecule has 0 bridgehead atoms. The van der Waals surface area contributed by atoms with E-state index < -0.39 is 18.0 Å². The Bertz CT molecular complexity index is 1160. The SMILES string of the molecule is CCC(NC(=O)c1nn(COC)c(N2CCC[C@@H](NC(=O)OC(C)(C)C)C2)c1Cc1ccccc1Cl)C(OC)OC. The summed E-state index contributed by atoms with van der Waals surface area (Å²) in [7, 11) is 4.65. The zero-order valence-corrected chi connectivity index (χ0v) is 25.9. The highest BCUT2D eigenvalue weighted by molar-refractivity contribution is 6.31. The van der Waals surface area contributed by atoms with Gasteiger partial charge in [0.25, 0.3) is 5.91 Å². The van der Waals surface area contributed by atoms with E-state index in [4.69, 9.17) is 35.6 Å². The first kappa shape index (κ1) is 32.7. The van der Waals surface area contributed by atoms with Crippen molar-refractivity contribution in [1.82, 2.24) is 20.4 Å². The van der Waals surface area contributed by atoms with Gasteiger partial charge in [0, 0.05) is 57.5 Å². The first-order chi connectivity index (χ1) is 19.5. The lowest BCUT2D eigenvalue weighted by atomic mass is 10.0. The fourth-order valence-electron chi connectivity index (χ4n) is 5.02. The summed E-state index contributed by atoms with van der Waals surface area (Å²) in [6.45, 7) is 8.81. The van der Waals surface area contributed by atoms with Gasteiger partial charge in [0.2, 0.25) is 0 Å². The van der Waals surface area contributed by atoms with Crippen LogP contribution in [0.4, 0.5) is 10.6 Å². The van der Waals surface area contributed by atoms with Crippen molar-refractivity contribution < 1.29 is 28.5 Å². The first-order valence-corrected chi connectivity index (χ1v) is 14.3. The van der Waals surface area contributed by atoms with E-state index in [1.807, 2.05) is 52.0 Å². The molecule has 12 heteroatoms. The lowest BCUT2D eigenvalue weighted by molar-refractivity contribution is -0.121. The Morgan fingerprint density at radius 2 is 1.88 bits per heavy atom. The molecule has 1 fully saturated rings. The third-order valence-corrected chi connectivity index (χ3v) is 7.17. The number of nitrogens with zero attached hydrogens (tertiary/aromatic N) is 3. The molecule has 2 N–H and O–H groups in total. The molecule has 3 rings (SSSR count). The van der Waals surface area contributed by atoms with Crippen molar-refractivity contribution in [3.63, 3.8) is 0 Å². The van der Waals surface area contributed by atoms with Crippen LogP contribution in [0.3, 0.4) is 0 Å². The number of nitrogens with one attached hydrogen (secondary N) is 2. The molecule has 1 aromatic carbocycles. The van der Waals surface area contributed by atoms with Crippen molar-refractivity contribution in [1.29, 1.82) is 0 Å². The number of anilines is 1. The van der Waals surface area contributed by atoms with Gasteiger partial charge in [0.05, 0.1) is 6.04 Å². The number of hydrogen-bond donors (Lipinski definition) is 2. The van der Waals surface area contributed by atoms with Crippen LogP contribution in [0.15, 0.2) is 24.3 Å². The number of rotatable bonds is 12. The van der Waals surface area contributed by atoms with Crippen molar-refractivity contribution in [2.45, 2.75) is 84.1 Å². The highest BCUT2D eigenvalue weighted by Gasteiger charge is 2.32. The second-order valence-electron chi connectivity index (χ2n) is 11.1. The summed E-state index contributed by atoms with van der Waals surface area (Å²) >= 11 is 6.57. The number of halogens is 1. The Morgan fingerprint density at radius 3 is 2.49 bits per heavy atom. The maximum absolute atomic E-state index is 13.8. The fourth-order valence-corrected chi connectivity index (χ4v) is 5.22. The number of benzene rings is 1. The number of alkyl carbamates (subject to hydrolysis) is 1. The Balaban J connectivity index is 2.02. The van der Waals surface area contributed by atoms with Gasteiger partial charge in [-0.15, -0.1) is 0 Å². The molecular weight excluding hydrogens is 550 g/mol. The van der Waals surface area contributed by atoms with Gasteiger partial charge in [-0.2, -0.15) is 5.10 Å². The monoisotopic (exact) mass is 593 g/mol. The molecule has 1 aliphatic rings. The molecule has 11 nitrogen and oxygen atoms in total. The Morgan fingerprint density at radius 1 is 1.17 bits per heavy atom. The second-order valence-corrected chi connectivity index (χ2v) is 11.5. The maximum atomic E-state index is 13.8. The smallest absolute Gasteiger partial charge is 0.407 e. The molecule has 41 heavy (non-hydrogen) atoms. The molecule has 0 spiro atoms. The number of carbonyl (C=O) groups excluding carboxylic acids is 2. The minimum atomic E-state index is -0.613. The molecule has 2 atom stereocenters. The number of amides is 2. The highest BCUT2D eigenvalue weighted by Crippen LogP contribution is 2.32. The number of methoxy groups -OCH3 is 3. The van der Waals surface area contributed by atoms with Crippen LogP contribution in [0.25, 0.3) is 0 Å². The summed E-state index contributed by atoms with van der Waals surface area (Å²) in [6.07, 6.45) is 1.52. The number of carbonyl (C=O) groups is 2. The maximum Gasteiger partial charge on any atom is 0.407 e. The lowest BCUT2D eigenvalue weighted by Crippen LogP contribution is -2.49. The van der Waals surface area contributed by atoms with Crippen molar-refractivity contribution in [2.75, 3.05) is 39.3 Å². The summed E-state index contributed by atoms with van der Waals surface area (Å²) in [5, 5.41) is 11.4. The van der Waals surface area contributed by atoms with Crippen LogP contribution in [0.1, 0.15) is 68.6 Å². The van der Waals surface area contributed by atoms with Crippen LogP contribution in [-0.4, -0.2) is 80.2 Å². The molecule has 1 unspecified atom stereocenters. The first-order valence-electron chi connectivity index (χ1n) is 13.9. The predicted molar refractivity (Wildman–Crippen MR) is 157 cm³/mol. The van der Waals surface area contributed by atoms with Gasteiger partial charge < -0.3 is 34.5 Å². The molecule has 2 aromatic rings. The molecule has 0 radical (unpaired) electrons. The average Bonchev–Trinajstić information content (AvgIpc) is 3.27. The molecule has 0 aliphatic carbocycles. The van der Waals surface area contributed by atoms with Gasteiger partial charge in [-0.1, -0.05) is 36.7 Å². The molecule has 228 valence electrons. The highest BCUT2D eigenvalue weighted by atomic mass is 35.5. The van der Waals surface area contributed by atoms with Gasteiger partial charge in [-0.05, 0) is 51.7 Å². The Labute approximate surface area is 247 Å². The zero-order valence-electron chi connectivity index (χ0n) is 25.2. The van der Waals surface area contributed by atoms with Crippen molar-refractivity contribution in [2.24, 2.45) is 0 Å². The second kappa shape index (κ2) is 14.9. The average molecular weight is 594 g/mol. The van der Waals surface area contributed by atoms with E-state index in [0.717, 1.165) is 24.2 Å². The largest absolute Gasteiger partial charge is 0.444 e. The molecule has 2 amide bonds. The summed E-state index contributed by atoms with van der Waals surface area (Å²) in [6, 6.07) is 7.00. The normalized spacial score (nSPS) is 16.5. The van der Waals surface area contributed by atoms with Crippen LogP contribution in [0.5, 0.6) is 0 Å². The van der Waals surface area contributed by atoms with E-state index in [1.165, 1.54) is 14.2 Å².